The second-order valence-corrected chi connectivity index (χ2v) is 20.1. The molecule has 0 aromatic carbocycles. The SMILES string of the molecule is CC/C=C/C=C/C=C\C=C/CCCCCC(=O)OC1C(OCC(NC(=O)C(O)CCCCCCCCCC/C=C\C/C=C\CCCCC)C(O)/C=C/CCCCCCCCCCCCC)OC(CO)C(O)C1O. The Morgan fingerprint density at radius 3 is 1.62 bits per heavy atom. The number of hydrogen-bond acceptors (Lipinski definition) is 10. The number of aliphatic hydroxyl groups excluding tert-OH is 5. The van der Waals surface area contributed by atoms with Crippen LogP contribution in [-0.4, -0.2) is 99.6 Å². The Labute approximate surface area is 444 Å². The highest BCUT2D eigenvalue weighted by Crippen LogP contribution is 2.26. The average molecular weight is 1030 g/mol. The smallest absolute Gasteiger partial charge is 0.306 e. The Hall–Kier alpha value is -3.16. The summed E-state index contributed by atoms with van der Waals surface area (Å²) in [6.45, 7) is 5.58. The number of hydrogen-bond donors (Lipinski definition) is 6. The predicted octanol–water partition coefficient (Wildman–Crippen LogP) is 13.4. The van der Waals surface area contributed by atoms with Gasteiger partial charge in [-0.1, -0.05) is 234 Å². The van der Waals surface area contributed by atoms with Gasteiger partial charge in [-0.05, 0) is 77.0 Å². The van der Waals surface area contributed by atoms with E-state index in [2.05, 4.69) is 62.5 Å². The second-order valence-electron chi connectivity index (χ2n) is 20.1. The highest BCUT2D eigenvalue weighted by atomic mass is 16.7. The zero-order valence-corrected chi connectivity index (χ0v) is 46.2. The van der Waals surface area contributed by atoms with Gasteiger partial charge >= 0.3 is 5.97 Å². The van der Waals surface area contributed by atoms with Crippen molar-refractivity contribution in [2.45, 2.75) is 282 Å². The molecule has 0 aromatic rings. The summed E-state index contributed by atoms with van der Waals surface area (Å²) in [5, 5.41) is 56.8. The molecule has 73 heavy (non-hydrogen) atoms. The third kappa shape index (κ3) is 38.1. The summed E-state index contributed by atoms with van der Waals surface area (Å²) in [7, 11) is 0. The fraction of sp³-hybridized carbons (Fsp3) is 0.742. The number of carbonyl (C=O) groups is 2. The van der Waals surface area contributed by atoms with Gasteiger partial charge in [-0.15, -0.1) is 0 Å². The Balaban J connectivity index is 2.75. The van der Waals surface area contributed by atoms with Crippen LogP contribution in [-0.2, 0) is 23.8 Å². The molecule has 1 aliphatic rings. The Bertz CT molecular complexity index is 1510. The van der Waals surface area contributed by atoms with Gasteiger partial charge in [-0.25, -0.2) is 0 Å². The number of allylic oxidation sites excluding steroid dienone is 13. The van der Waals surface area contributed by atoms with Crippen molar-refractivity contribution in [2.24, 2.45) is 0 Å². The number of rotatable bonds is 48. The number of aliphatic hydroxyl groups is 5. The van der Waals surface area contributed by atoms with Crippen LogP contribution in [0.2, 0.25) is 0 Å². The van der Waals surface area contributed by atoms with E-state index in [1.165, 1.54) is 109 Å². The minimum Gasteiger partial charge on any atom is -0.454 e. The molecule has 0 bridgehead atoms. The summed E-state index contributed by atoms with van der Waals surface area (Å²) in [5.74, 6) is -1.24. The number of carbonyl (C=O) groups excluding carboxylic acids is 2. The zero-order chi connectivity index (χ0) is 53.3. The van der Waals surface area contributed by atoms with Crippen molar-refractivity contribution >= 4 is 11.9 Å². The van der Waals surface area contributed by atoms with Gasteiger partial charge in [0.05, 0.1) is 25.4 Å². The Morgan fingerprint density at radius 1 is 0.562 bits per heavy atom. The number of esters is 1. The highest BCUT2D eigenvalue weighted by molar-refractivity contribution is 5.80. The van der Waals surface area contributed by atoms with Gasteiger partial charge in [0.2, 0.25) is 5.91 Å². The molecule has 11 heteroatoms. The molecule has 1 fully saturated rings. The number of ether oxygens (including phenoxy) is 3. The molecule has 420 valence electrons. The second kappa shape index (κ2) is 49.7. The molecule has 8 atom stereocenters. The highest BCUT2D eigenvalue weighted by Gasteiger charge is 2.47. The summed E-state index contributed by atoms with van der Waals surface area (Å²) in [6.07, 6.45) is 53.4. The average Bonchev–Trinajstić information content (AvgIpc) is 3.39. The first-order valence-electron chi connectivity index (χ1n) is 29.4. The van der Waals surface area contributed by atoms with Crippen LogP contribution in [0.3, 0.4) is 0 Å². The molecule has 6 N–H and O–H groups in total. The van der Waals surface area contributed by atoms with E-state index in [0.29, 0.717) is 12.8 Å². The van der Waals surface area contributed by atoms with Crippen molar-refractivity contribution in [1.82, 2.24) is 5.32 Å². The van der Waals surface area contributed by atoms with Crippen LogP contribution < -0.4 is 5.32 Å². The lowest BCUT2D eigenvalue weighted by Gasteiger charge is -2.41. The summed E-state index contributed by atoms with van der Waals surface area (Å²) in [4.78, 5) is 26.5. The summed E-state index contributed by atoms with van der Waals surface area (Å²) < 4.78 is 17.5. The van der Waals surface area contributed by atoms with Gasteiger partial charge in [0.25, 0.3) is 0 Å². The quantitative estimate of drug-likeness (QED) is 0.0149. The van der Waals surface area contributed by atoms with Crippen LogP contribution in [0.1, 0.15) is 233 Å². The predicted molar refractivity (Wildman–Crippen MR) is 301 cm³/mol. The van der Waals surface area contributed by atoms with Crippen molar-refractivity contribution in [1.29, 1.82) is 0 Å². The van der Waals surface area contributed by atoms with Crippen LogP contribution in [0.15, 0.2) is 85.1 Å². The lowest BCUT2D eigenvalue weighted by atomic mass is 9.99. The van der Waals surface area contributed by atoms with Gasteiger partial charge in [0.1, 0.15) is 24.4 Å². The molecule has 0 aromatic heterocycles. The van der Waals surface area contributed by atoms with Crippen LogP contribution in [0.25, 0.3) is 0 Å². The minimum atomic E-state index is -1.63. The maximum absolute atomic E-state index is 13.4. The van der Waals surface area contributed by atoms with Crippen molar-refractivity contribution in [2.75, 3.05) is 13.2 Å². The van der Waals surface area contributed by atoms with E-state index < -0.39 is 67.4 Å². The molecular weight excluding hydrogens is 919 g/mol. The van der Waals surface area contributed by atoms with Crippen molar-refractivity contribution in [3.63, 3.8) is 0 Å². The van der Waals surface area contributed by atoms with E-state index in [0.717, 1.165) is 77.0 Å². The Morgan fingerprint density at radius 2 is 1.04 bits per heavy atom. The van der Waals surface area contributed by atoms with Gasteiger partial charge in [-0.3, -0.25) is 9.59 Å². The van der Waals surface area contributed by atoms with E-state index in [1.54, 1.807) is 6.08 Å². The lowest BCUT2D eigenvalue weighted by molar-refractivity contribution is -0.305. The lowest BCUT2D eigenvalue weighted by Crippen LogP contribution is -2.61. The minimum absolute atomic E-state index is 0.0737. The molecule has 0 saturated carbocycles. The molecule has 0 spiro atoms. The van der Waals surface area contributed by atoms with Crippen molar-refractivity contribution in [3.05, 3.63) is 85.1 Å². The van der Waals surface area contributed by atoms with E-state index in [9.17, 15) is 35.1 Å². The van der Waals surface area contributed by atoms with Gasteiger partial charge in [-0.2, -0.15) is 0 Å². The van der Waals surface area contributed by atoms with Crippen LogP contribution >= 0.6 is 0 Å². The molecule has 1 saturated heterocycles. The van der Waals surface area contributed by atoms with Crippen molar-refractivity contribution < 1.29 is 49.3 Å². The summed E-state index contributed by atoms with van der Waals surface area (Å²) >= 11 is 0. The molecule has 1 heterocycles. The zero-order valence-electron chi connectivity index (χ0n) is 46.2. The fourth-order valence-electron chi connectivity index (χ4n) is 8.69. The van der Waals surface area contributed by atoms with E-state index in [-0.39, 0.29) is 19.4 Å². The van der Waals surface area contributed by atoms with E-state index in [4.69, 9.17) is 14.2 Å². The maximum atomic E-state index is 13.4. The fourth-order valence-corrected chi connectivity index (χ4v) is 8.69. The number of nitrogens with one attached hydrogen (secondary N) is 1. The van der Waals surface area contributed by atoms with Gasteiger partial charge < -0.3 is 45.1 Å². The van der Waals surface area contributed by atoms with E-state index >= 15 is 0 Å². The van der Waals surface area contributed by atoms with Crippen LogP contribution in [0, 0.1) is 0 Å². The molecule has 8 unspecified atom stereocenters. The first-order chi connectivity index (χ1) is 35.7. The Kier molecular flexibility index (Phi) is 46.2. The third-order valence-electron chi connectivity index (χ3n) is 13.4. The normalized spacial score (nSPS) is 20.0. The summed E-state index contributed by atoms with van der Waals surface area (Å²) in [6, 6.07) is -1.04. The first kappa shape index (κ1) is 67.9. The van der Waals surface area contributed by atoms with Crippen molar-refractivity contribution in [3.8, 4) is 0 Å². The molecule has 0 aliphatic carbocycles. The van der Waals surface area contributed by atoms with Gasteiger partial charge in [0, 0.05) is 6.42 Å². The molecule has 11 nitrogen and oxygen atoms in total. The molecular formula is C62H107NO10. The maximum Gasteiger partial charge on any atom is 0.306 e. The largest absolute Gasteiger partial charge is 0.454 e. The first-order valence-corrected chi connectivity index (χ1v) is 29.4. The van der Waals surface area contributed by atoms with Gasteiger partial charge in [0.15, 0.2) is 12.4 Å². The number of unbranched alkanes of at least 4 members (excludes halogenated alkanes) is 25. The van der Waals surface area contributed by atoms with Crippen LogP contribution in [0.4, 0.5) is 0 Å². The van der Waals surface area contributed by atoms with E-state index in [1.807, 2.05) is 42.5 Å². The number of amides is 1. The monoisotopic (exact) mass is 1030 g/mol. The molecule has 1 amide bonds. The molecule has 1 aliphatic heterocycles. The molecule has 0 radical (unpaired) electrons. The third-order valence-corrected chi connectivity index (χ3v) is 13.4. The standard InChI is InChI=1S/C62H107NO10/c1-4-7-10-13-16-19-22-25-26-27-28-29-32-34-37-40-43-46-49-55(66)61(70)63-53(54(65)48-45-42-39-36-33-30-23-20-17-14-11-8-5-2)52-71-62-60(59(69)58(68)56(51-64)72-62)73-57(67)50-47-44-41-38-35-31-24-21-18-15-12-9-6-3/h9,12,15-16,18-19,21,24-26,31,35,45,48,53-56,58-60,62,64-66,68-69H,4-8,10-11,13-14,17,20,22-23,27-30,32-34,36-44,46-47,49-52H2,1-3H3,(H,63,70)/b12-9+,18-15+,19-16-,24-21-,26-25-,35-31-,48-45+. The summed E-state index contributed by atoms with van der Waals surface area (Å²) in [5.41, 5.74) is 0. The molecule has 1 rings (SSSR count). The topological polar surface area (TPSA) is 175 Å². The van der Waals surface area contributed by atoms with Crippen LogP contribution in [0.5, 0.6) is 0 Å².